The number of fused-ring (bicyclic) bond motifs is 7. The van der Waals surface area contributed by atoms with Crippen LogP contribution in [0.4, 0.5) is 0 Å². The van der Waals surface area contributed by atoms with Crippen molar-refractivity contribution < 1.29 is 0 Å². The zero-order valence-electron chi connectivity index (χ0n) is 38.0. The van der Waals surface area contributed by atoms with Gasteiger partial charge in [-0.2, -0.15) is 0 Å². The molecule has 0 radical (unpaired) electrons. The van der Waals surface area contributed by atoms with Crippen LogP contribution in [0, 0.1) is 0 Å². The zero-order chi connectivity index (χ0) is 44.1. The van der Waals surface area contributed by atoms with Crippen molar-refractivity contribution in [2.45, 2.75) is 71.6 Å². The number of hydrogen-bond acceptors (Lipinski definition) is 2. The lowest BCUT2D eigenvalue weighted by Crippen LogP contribution is -2.18. The van der Waals surface area contributed by atoms with E-state index in [1.54, 1.807) is 0 Å². The van der Waals surface area contributed by atoms with Gasteiger partial charge in [-0.05, 0) is 99.3 Å². The summed E-state index contributed by atoms with van der Waals surface area (Å²) in [6.07, 6.45) is 1.88. The number of aromatic amines is 1. The summed E-state index contributed by atoms with van der Waals surface area (Å²) in [6, 6.07) is 59.8. The fraction of sp³-hybridized carbons (Fsp3) is 0.186. The van der Waals surface area contributed by atoms with Crippen LogP contribution in [0.25, 0.3) is 88.7 Å². The smallest absolute Gasteiger partial charge is 0.147 e. The second-order valence-corrected chi connectivity index (χ2v) is 20.1. The minimum absolute atomic E-state index is 0.0611. The molecule has 0 fully saturated rings. The van der Waals surface area contributed by atoms with Gasteiger partial charge < -0.3 is 4.98 Å². The van der Waals surface area contributed by atoms with Crippen LogP contribution in [0.5, 0.6) is 0 Å². The number of hydrogen-bond donors (Lipinski definition) is 1. The van der Waals surface area contributed by atoms with Crippen molar-refractivity contribution in [1.29, 1.82) is 0 Å². The Balaban J connectivity index is 1.18. The third-order valence-electron chi connectivity index (χ3n) is 13.5. The molecule has 0 saturated heterocycles. The summed E-state index contributed by atoms with van der Waals surface area (Å²) in [6.45, 7) is 18.5. The molecule has 0 bridgehead atoms. The van der Waals surface area contributed by atoms with E-state index in [9.17, 15) is 0 Å². The van der Waals surface area contributed by atoms with Gasteiger partial charge in [0, 0.05) is 55.5 Å². The number of para-hydroxylation sites is 3. The molecular weight excluding hydrogens is 779 g/mol. The lowest BCUT2D eigenvalue weighted by Gasteiger charge is -2.27. The van der Waals surface area contributed by atoms with Gasteiger partial charge >= 0.3 is 0 Å². The Hall–Kier alpha value is -7.24. The molecule has 0 spiro atoms. The number of benzene rings is 7. The Labute approximate surface area is 375 Å². The molecule has 0 atom stereocenters. The van der Waals surface area contributed by atoms with E-state index >= 15 is 0 Å². The summed E-state index contributed by atoms with van der Waals surface area (Å²) in [7, 11) is 0. The first-order valence-electron chi connectivity index (χ1n) is 22.5. The number of pyridine rings is 1. The number of rotatable bonds is 6. The first-order chi connectivity index (χ1) is 30.8. The second-order valence-electron chi connectivity index (χ2n) is 20.1. The summed E-state index contributed by atoms with van der Waals surface area (Å²) >= 11 is 0. The second kappa shape index (κ2) is 14.4. The van der Waals surface area contributed by atoms with Crippen molar-refractivity contribution in [2.24, 2.45) is 0 Å². The van der Waals surface area contributed by atoms with Crippen LogP contribution in [0.1, 0.15) is 77.6 Å². The Morgan fingerprint density at radius 1 is 0.453 bits per heavy atom. The molecule has 4 heterocycles. The lowest BCUT2D eigenvalue weighted by atomic mass is 9.78. The van der Waals surface area contributed by atoms with E-state index in [4.69, 9.17) is 9.97 Å². The molecule has 7 aromatic carbocycles. The van der Waals surface area contributed by atoms with Crippen LogP contribution in [0.3, 0.4) is 0 Å². The maximum Gasteiger partial charge on any atom is 0.147 e. The number of nitrogens with one attached hydrogen (secondary N) is 1. The molecule has 0 saturated carbocycles. The van der Waals surface area contributed by atoms with E-state index in [0.717, 1.165) is 67.1 Å². The Bertz CT molecular complexity index is 3550. The fourth-order valence-electron chi connectivity index (χ4n) is 9.77. The van der Waals surface area contributed by atoms with Crippen molar-refractivity contribution in [3.05, 3.63) is 192 Å². The summed E-state index contributed by atoms with van der Waals surface area (Å²) in [5, 5.41) is 4.79. The summed E-state index contributed by atoms with van der Waals surface area (Å²) in [4.78, 5) is 14.4. The number of imidazole rings is 1. The molecule has 314 valence electrons. The van der Waals surface area contributed by atoms with E-state index < -0.39 is 0 Å². The summed E-state index contributed by atoms with van der Waals surface area (Å²) in [5.74, 6) is 1.79. The average Bonchev–Trinajstić information content (AvgIpc) is 3.98. The van der Waals surface area contributed by atoms with Crippen LogP contribution >= 0.6 is 0 Å². The SMILES string of the molecule is CC(C)(C)c1cc(-n2c(-c3cccc4c3[nH]c3ccccc34)nc3c(-c4ccc5c6cc(C(C)(C)c7ccccc7)ccc6n(-c6ccccn6)c5c4)cccc32)cc(C(C)(C)C)c1. The highest BCUT2D eigenvalue weighted by molar-refractivity contribution is 6.13. The molecule has 1 N–H and O–H groups in total. The van der Waals surface area contributed by atoms with Crippen LogP contribution < -0.4 is 0 Å². The molecule has 5 nitrogen and oxygen atoms in total. The maximum absolute atomic E-state index is 5.73. The molecule has 0 aliphatic rings. The van der Waals surface area contributed by atoms with Gasteiger partial charge in [-0.1, -0.05) is 159 Å². The Morgan fingerprint density at radius 3 is 1.91 bits per heavy atom. The highest BCUT2D eigenvalue weighted by Gasteiger charge is 2.27. The summed E-state index contributed by atoms with van der Waals surface area (Å²) in [5.41, 5.74) is 15.7. The first-order valence-corrected chi connectivity index (χ1v) is 22.5. The molecule has 4 aromatic heterocycles. The molecule has 64 heavy (non-hydrogen) atoms. The highest BCUT2D eigenvalue weighted by atomic mass is 15.1. The monoisotopic (exact) mass is 831 g/mol. The average molecular weight is 832 g/mol. The molecule has 0 unspecified atom stereocenters. The summed E-state index contributed by atoms with van der Waals surface area (Å²) < 4.78 is 4.73. The van der Waals surface area contributed by atoms with Crippen molar-refractivity contribution in [1.82, 2.24) is 24.1 Å². The molecule has 5 heteroatoms. The van der Waals surface area contributed by atoms with E-state index in [0.29, 0.717) is 0 Å². The first kappa shape index (κ1) is 39.6. The maximum atomic E-state index is 5.73. The van der Waals surface area contributed by atoms with E-state index in [-0.39, 0.29) is 16.2 Å². The predicted octanol–water partition coefficient (Wildman–Crippen LogP) is 15.4. The Morgan fingerprint density at radius 2 is 1.16 bits per heavy atom. The molecule has 0 amide bonds. The fourth-order valence-corrected chi connectivity index (χ4v) is 9.77. The van der Waals surface area contributed by atoms with E-state index in [1.807, 2.05) is 12.3 Å². The normalized spacial score (nSPS) is 12.7. The van der Waals surface area contributed by atoms with Crippen LogP contribution in [-0.2, 0) is 16.2 Å². The predicted molar refractivity (Wildman–Crippen MR) is 269 cm³/mol. The van der Waals surface area contributed by atoms with Crippen molar-refractivity contribution in [2.75, 3.05) is 0 Å². The molecule has 11 aromatic rings. The van der Waals surface area contributed by atoms with Gasteiger partial charge in [0.1, 0.15) is 11.6 Å². The van der Waals surface area contributed by atoms with Gasteiger partial charge in [-0.25, -0.2) is 9.97 Å². The van der Waals surface area contributed by atoms with Gasteiger partial charge in [-0.3, -0.25) is 9.13 Å². The number of H-pyrrole nitrogens is 1. The van der Waals surface area contributed by atoms with Gasteiger partial charge in [-0.15, -0.1) is 0 Å². The standard InChI is InChI=1S/C59H53N5/c1-57(2,3)40-33-41(58(4,5)6)35-42(34-40)63-51-25-17-21-43(55(51)62-56(63)47-23-16-22-46-44-20-12-13-24-49(44)61-54(46)47)37-27-29-45-48-36-39(59(7,8)38-18-10-9-11-19-38)28-30-50(48)64(52(45)32-37)53-26-14-15-31-60-53/h9-36,61H,1-8H3. The quantitative estimate of drug-likeness (QED) is 0.181. The van der Waals surface area contributed by atoms with Gasteiger partial charge in [0.05, 0.1) is 27.6 Å². The van der Waals surface area contributed by atoms with Crippen molar-refractivity contribution >= 4 is 54.6 Å². The largest absolute Gasteiger partial charge is 0.354 e. The molecule has 0 aliphatic heterocycles. The van der Waals surface area contributed by atoms with Crippen LogP contribution in [0.2, 0.25) is 0 Å². The molecule has 11 rings (SSSR count). The molecule has 0 aliphatic carbocycles. The Kier molecular flexibility index (Phi) is 8.91. The van der Waals surface area contributed by atoms with Crippen LogP contribution in [-0.4, -0.2) is 24.1 Å². The highest BCUT2D eigenvalue weighted by Crippen LogP contribution is 2.43. The minimum Gasteiger partial charge on any atom is -0.354 e. The zero-order valence-corrected chi connectivity index (χ0v) is 38.0. The number of aromatic nitrogens is 5. The topological polar surface area (TPSA) is 51.4 Å². The van der Waals surface area contributed by atoms with E-state index in [1.165, 1.54) is 43.8 Å². The van der Waals surface area contributed by atoms with Gasteiger partial charge in [0.25, 0.3) is 0 Å². The third kappa shape index (κ3) is 6.36. The minimum atomic E-state index is -0.182. The van der Waals surface area contributed by atoms with Gasteiger partial charge in [0.15, 0.2) is 0 Å². The lowest BCUT2D eigenvalue weighted by molar-refractivity contribution is 0.568. The van der Waals surface area contributed by atoms with Crippen molar-refractivity contribution in [3.8, 4) is 34.0 Å². The van der Waals surface area contributed by atoms with Crippen LogP contribution in [0.15, 0.2) is 170 Å². The third-order valence-corrected chi connectivity index (χ3v) is 13.5. The van der Waals surface area contributed by atoms with Gasteiger partial charge in [0.2, 0.25) is 0 Å². The van der Waals surface area contributed by atoms with Crippen molar-refractivity contribution in [3.63, 3.8) is 0 Å². The van der Waals surface area contributed by atoms with E-state index in [2.05, 4.69) is 227 Å². The molecular formula is C59H53N5. The number of nitrogens with zero attached hydrogens (tertiary/aromatic N) is 4.